The molecule has 0 saturated carbocycles. The molecule has 0 aliphatic heterocycles. The van der Waals surface area contributed by atoms with E-state index in [0.717, 1.165) is 0 Å². The van der Waals surface area contributed by atoms with Crippen LogP contribution in [-0.2, 0) is 31.2 Å². The topological polar surface area (TPSA) is 57.2 Å². The van der Waals surface area contributed by atoms with E-state index in [1.165, 1.54) is 13.8 Å². The molecule has 0 saturated heterocycles. The minimum atomic E-state index is -4.27. The van der Waals surface area contributed by atoms with Crippen LogP contribution in [0.1, 0.15) is 27.7 Å². The first kappa shape index (κ1) is 15.1. The Kier molecular flexibility index (Phi) is 4.74. The van der Waals surface area contributed by atoms with E-state index in [1.54, 1.807) is 13.8 Å². The van der Waals surface area contributed by atoms with Gasteiger partial charge in [0.05, 0.1) is 10.1 Å². The maximum Gasteiger partial charge on any atom is 0.0978 e. The molecule has 0 heterocycles. The molecule has 0 rings (SSSR count). The molecule has 0 aliphatic carbocycles. The van der Waals surface area contributed by atoms with Crippen molar-refractivity contribution >= 4 is 10.1 Å². The molecule has 0 aromatic rings. The van der Waals surface area contributed by atoms with Crippen LogP contribution >= 0.6 is 0 Å². The SMILES string of the molecule is [CH2-]C(C)(C)C(C)(C)S(=O)(=O)[O-].[W]. The van der Waals surface area contributed by atoms with Gasteiger partial charge in [-0.05, 0) is 13.8 Å². The summed E-state index contributed by atoms with van der Waals surface area (Å²) in [6.45, 7) is 9.67. The fourth-order valence-corrected chi connectivity index (χ4v) is 1.02. The van der Waals surface area contributed by atoms with Crippen LogP contribution in [0.25, 0.3) is 0 Å². The smallest absolute Gasteiger partial charge is 0.0978 e. The molecule has 0 fully saturated rings. The second-order valence-electron chi connectivity index (χ2n) is 3.85. The fraction of sp³-hybridized carbons (Fsp3) is 0.857. The second-order valence-corrected chi connectivity index (χ2v) is 5.78. The average molecular weight is 362 g/mol. The quantitative estimate of drug-likeness (QED) is 0.548. The summed E-state index contributed by atoms with van der Waals surface area (Å²) in [5.41, 5.74) is -0.770. The number of hydrogen-bond acceptors (Lipinski definition) is 3. The van der Waals surface area contributed by atoms with E-state index in [4.69, 9.17) is 0 Å². The summed E-state index contributed by atoms with van der Waals surface area (Å²) in [4.78, 5) is 0. The molecule has 0 aromatic carbocycles. The first-order chi connectivity index (χ1) is 4.50. The minimum absolute atomic E-state index is 0. The van der Waals surface area contributed by atoms with Gasteiger partial charge in [0.1, 0.15) is 0 Å². The second kappa shape index (κ2) is 3.77. The van der Waals surface area contributed by atoms with Gasteiger partial charge in [-0.15, -0.1) is 5.41 Å². The summed E-state index contributed by atoms with van der Waals surface area (Å²) in [6.07, 6.45) is 0. The van der Waals surface area contributed by atoms with Gasteiger partial charge < -0.3 is 11.5 Å². The maximum atomic E-state index is 10.7. The van der Waals surface area contributed by atoms with Crippen molar-refractivity contribution in [2.45, 2.75) is 32.4 Å². The third-order valence-corrected chi connectivity index (χ3v) is 4.06. The fourth-order valence-electron chi connectivity index (χ4n) is 0.338. The van der Waals surface area contributed by atoms with Crippen molar-refractivity contribution in [3.05, 3.63) is 6.92 Å². The minimum Gasteiger partial charge on any atom is -0.748 e. The van der Waals surface area contributed by atoms with Gasteiger partial charge >= 0.3 is 0 Å². The maximum absolute atomic E-state index is 10.7. The summed E-state index contributed by atoms with van der Waals surface area (Å²) >= 11 is 0. The third kappa shape index (κ3) is 2.82. The van der Waals surface area contributed by atoms with Gasteiger partial charge in [0, 0.05) is 25.8 Å². The molecule has 0 atom stereocenters. The van der Waals surface area contributed by atoms with Gasteiger partial charge in [-0.3, -0.25) is 0 Å². The normalized spacial score (nSPS) is 13.8. The van der Waals surface area contributed by atoms with Crippen LogP contribution in [0.3, 0.4) is 0 Å². The van der Waals surface area contributed by atoms with Gasteiger partial charge in [0.2, 0.25) is 0 Å². The molecule has 0 aromatic heterocycles. The van der Waals surface area contributed by atoms with Crippen molar-refractivity contribution in [3.8, 4) is 0 Å². The molecule has 74 valence electrons. The van der Waals surface area contributed by atoms with Crippen molar-refractivity contribution in [1.29, 1.82) is 0 Å². The van der Waals surface area contributed by atoms with Gasteiger partial charge in [0.25, 0.3) is 0 Å². The molecule has 12 heavy (non-hydrogen) atoms. The zero-order chi connectivity index (χ0) is 9.50. The Morgan fingerprint density at radius 3 is 1.42 bits per heavy atom. The molecule has 0 N–H and O–H groups in total. The Morgan fingerprint density at radius 1 is 1.17 bits per heavy atom. The van der Waals surface area contributed by atoms with E-state index in [9.17, 15) is 13.0 Å². The predicted octanol–water partition coefficient (Wildman–Crippen LogP) is 1.17. The monoisotopic (exact) mass is 362 g/mol. The Bertz CT molecular complexity index is 236. The Balaban J connectivity index is 0. The van der Waals surface area contributed by atoms with Crippen molar-refractivity contribution in [2.75, 3.05) is 0 Å². The molecule has 3 nitrogen and oxygen atoms in total. The van der Waals surface area contributed by atoms with Crippen LogP contribution in [0.5, 0.6) is 0 Å². The van der Waals surface area contributed by atoms with Crippen LogP contribution < -0.4 is 0 Å². The van der Waals surface area contributed by atoms with Crippen molar-refractivity contribution in [1.82, 2.24) is 0 Å². The van der Waals surface area contributed by atoms with Crippen LogP contribution in [-0.4, -0.2) is 17.7 Å². The summed E-state index contributed by atoms with van der Waals surface area (Å²) in [6, 6.07) is 0. The molecule has 0 radical (unpaired) electrons. The molecule has 0 bridgehead atoms. The summed E-state index contributed by atoms with van der Waals surface area (Å²) in [7, 11) is -4.27. The van der Waals surface area contributed by atoms with Crippen LogP contribution in [0.2, 0.25) is 0 Å². The van der Waals surface area contributed by atoms with E-state index in [2.05, 4.69) is 6.92 Å². The predicted molar refractivity (Wildman–Crippen MR) is 42.9 cm³/mol. The molecule has 5 heteroatoms. The average Bonchev–Trinajstić information content (AvgIpc) is 1.58. The van der Waals surface area contributed by atoms with E-state index in [1.807, 2.05) is 0 Å². The number of hydrogen-bond donors (Lipinski definition) is 0. The Morgan fingerprint density at radius 2 is 1.42 bits per heavy atom. The third-order valence-electron chi connectivity index (χ3n) is 2.25. The van der Waals surface area contributed by atoms with E-state index in [-0.39, 0.29) is 21.1 Å². The van der Waals surface area contributed by atoms with Crippen LogP contribution in [0.15, 0.2) is 0 Å². The van der Waals surface area contributed by atoms with E-state index >= 15 is 0 Å². The van der Waals surface area contributed by atoms with Gasteiger partial charge in [0.15, 0.2) is 0 Å². The van der Waals surface area contributed by atoms with Crippen molar-refractivity contribution in [2.24, 2.45) is 5.41 Å². The summed E-state index contributed by atoms with van der Waals surface area (Å²) in [5, 5.41) is 0. The Hall–Kier alpha value is 0.598. The molecular formula is C7H14O3SW-2. The molecular weight excluding hydrogens is 348 g/mol. The van der Waals surface area contributed by atoms with Crippen molar-refractivity contribution < 1.29 is 34.0 Å². The van der Waals surface area contributed by atoms with E-state index in [0.29, 0.717) is 0 Å². The molecule has 0 amide bonds. The summed E-state index contributed by atoms with van der Waals surface area (Å²) < 4.78 is 30.8. The van der Waals surface area contributed by atoms with Gasteiger partial charge in [-0.1, -0.05) is 13.8 Å². The standard InChI is InChI=1S/C7H15O3S.W/c1-6(2,3)7(4,5)11(8,9)10;/h1H2,2-5H3,(H,8,9,10);/q-1;/p-1. The van der Waals surface area contributed by atoms with Gasteiger partial charge in [-0.25, -0.2) is 8.42 Å². The Labute approximate surface area is 88.9 Å². The van der Waals surface area contributed by atoms with Crippen LogP contribution in [0.4, 0.5) is 0 Å². The zero-order valence-electron chi connectivity index (χ0n) is 7.75. The first-order valence-corrected chi connectivity index (χ1v) is 4.72. The zero-order valence-corrected chi connectivity index (χ0v) is 11.5. The van der Waals surface area contributed by atoms with Crippen LogP contribution in [0, 0.1) is 12.3 Å². The number of rotatable bonds is 2. The van der Waals surface area contributed by atoms with Gasteiger partial charge in [-0.2, -0.15) is 0 Å². The summed E-state index contributed by atoms with van der Waals surface area (Å²) in [5.74, 6) is 0. The molecule has 0 aliphatic rings. The van der Waals surface area contributed by atoms with E-state index < -0.39 is 20.3 Å². The first-order valence-electron chi connectivity index (χ1n) is 3.31. The molecule has 0 spiro atoms. The van der Waals surface area contributed by atoms with Crippen molar-refractivity contribution in [3.63, 3.8) is 0 Å². The largest absolute Gasteiger partial charge is 0.748 e. The molecule has 0 unspecified atom stereocenters.